The highest BCUT2D eigenvalue weighted by atomic mass is 16.1. The van der Waals surface area contributed by atoms with Gasteiger partial charge in [-0.1, -0.05) is 27.7 Å². The van der Waals surface area contributed by atoms with Crippen molar-refractivity contribution < 1.29 is 4.79 Å². The third kappa shape index (κ3) is 4.49. The Kier molecular flexibility index (Phi) is 4.90. The molecule has 0 spiro atoms. The molecule has 1 heterocycles. The number of rotatable bonds is 5. The smallest absolute Gasteiger partial charge is 0.225 e. The highest BCUT2D eigenvalue weighted by molar-refractivity contribution is 5.89. The van der Waals surface area contributed by atoms with Gasteiger partial charge in [0.25, 0.3) is 0 Å². The topological polar surface area (TPSA) is 83.8 Å². The Hall–Kier alpha value is -1.36. The maximum Gasteiger partial charge on any atom is 0.225 e. The van der Waals surface area contributed by atoms with Crippen LogP contribution in [0.2, 0.25) is 0 Å². The van der Waals surface area contributed by atoms with E-state index in [1.165, 1.54) is 0 Å². The average molecular weight is 252 g/mol. The Morgan fingerprint density at radius 1 is 1.56 bits per heavy atom. The highest BCUT2D eigenvalue weighted by Gasteiger charge is 2.17. The lowest BCUT2D eigenvalue weighted by Crippen LogP contribution is -2.16. The average Bonchev–Trinajstić information content (AvgIpc) is 2.74. The molecule has 1 atom stereocenters. The molecule has 5 heteroatoms. The zero-order valence-corrected chi connectivity index (χ0v) is 11.7. The van der Waals surface area contributed by atoms with E-state index in [0.29, 0.717) is 24.7 Å². The SMILES string of the molecule is CC(CN)CCC(=O)Nc1cc(C(C)(C)C)[nH]n1. The van der Waals surface area contributed by atoms with Crippen molar-refractivity contribution in [3.63, 3.8) is 0 Å². The summed E-state index contributed by atoms with van der Waals surface area (Å²) in [5.74, 6) is 0.952. The number of nitrogens with zero attached hydrogens (tertiary/aromatic N) is 1. The van der Waals surface area contributed by atoms with Crippen molar-refractivity contribution in [2.75, 3.05) is 11.9 Å². The Morgan fingerprint density at radius 3 is 2.72 bits per heavy atom. The van der Waals surface area contributed by atoms with Gasteiger partial charge in [-0.25, -0.2) is 0 Å². The van der Waals surface area contributed by atoms with Gasteiger partial charge in [-0.15, -0.1) is 0 Å². The number of carbonyl (C=O) groups excluding carboxylic acids is 1. The molecule has 0 radical (unpaired) electrons. The van der Waals surface area contributed by atoms with Gasteiger partial charge in [-0.2, -0.15) is 5.10 Å². The van der Waals surface area contributed by atoms with Crippen molar-refractivity contribution in [3.8, 4) is 0 Å². The van der Waals surface area contributed by atoms with Crippen LogP contribution in [-0.4, -0.2) is 22.6 Å². The molecule has 1 aromatic heterocycles. The number of nitrogens with one attached hydrogen (secondary N) is 2. The number of H-pyrrole nitrogens is 1. The number of hydrogen-bond acceptors (Lipinski definition) is 3. The van der Waals surface area contributed by atoms with Crippen molar-refractivity contribution in [1.29, 1.82) is 0 Å². The van der Waals surface area contributed by atoms with E-state index < -0.39 is 0 Å². The summed E-state index contributed by atoms with van der Waals surface area (Å²) in [5, 5.41) is 9.82. The van der Waals surface area contributed by atoms with Gasteiger partial charge in [-0.3, -0.25) is 9.89 Å². The van der Waals surface area contributed by atoms with Crippen LogP contribution in [0.3, 0.4) is 0 Å². The van der Waals surface area contributed by atoms with Crippen LogP contribution in [0.4, 0.5) is 5.82 Å². The van der Waals surface area contributed by atoms with Crippen LogP contribution in [0.15, 0.2) is 6.07 Å². The summed E-state index contributed by atoms with van der Waals surface area (Å²) in [6.45, 7) is 8.93. The molecule has 1 aromatic rings. The van der Waals surface area contributed by atoms with E-state index in [9.17, 15) is 4.79 Å². The first-order valence-corrected chi connectivity index (χ1v) is 6.38. The molecule has 0 bridgehead atoms. The number of carbonyl (C=O) groups is 1. The standard InChI is InChI=1S/C13H24N4O/c1-9(8-14)5-6-12(18)15-11-7-10(16-17-11)13(2,3)4/h7,9H,5-6,8,14H2,1-4H3,(H2,15,16,17,18). The van der Waals surface area contributed by atoms with Crippen molar-refractivity contribution in [2.45, 2.75) is 46.0 Å². The summed E-state index contributed by atoms with van der Waals surface area (Å²) < 4.78 is 0. The van der Waals surface area contributed by atoms with Crippen LogP contribution in [0, 0.1) is 5.92 Å². The van der Waals surface area contributed by atoms with Crippen LogP contribution in [0.1, 0.15) is 46.2 Å². The number of anilines is 1. The first kappa shape index (κ1) is 14.7. The molecule has 0 aliphatic rings. The van der Waals surface area contributed by atoms with E-state index in [2.05, 4.69) is 36.3 Å². The molecule has 1 amide bonds. The van der Waals surface area contributed by atoms with E-state index in [1.807, 2.05) is 13.0 Å². The molecule has 0 aromatic carbocycles. The molecule has 0 aliphatic heterocycles. The molecule has 102 valence electrons. The van der Waals surface area contributed by atoms with E-state index in [1.54, 1.807) is 0 Å². The van der Waals surface area contributed by atoms with E-state index in [-0.39, 0.29) is 11.3 Å². The van der Waals surface area contributed by atoms with Gasteiger partial charge in [-0.05, 0) is 18.9 Å². The summed E-state index contributed by atoms with van der Waals surface area (Å²) >= 11 is 0. The lowest BCUT2D eigenvalue weighted by Gasteiger charge is -2.14. The minimum absolute atomic E-state index is 0.00401. The Morgan fingerprint density at radius 2 is 2.22 bits per heavy atom. The Labute approximate surface area is 109 Å². The van der Waals surface area contributed by atoms with E-state index >= 15 is 0 Å². The molecule has 0 fully saturated rings. The fourth-order valence-corrected chi connectivity index (χ4v) is 1.47. The third-order valence-electron chi connectivity index (χ3n) is 2.92. The minimum atomic E-state index is -0.0118. The molecule has 1 rings (SSSR count). The number of amides is 1. The van der Waals surface area contributed by atoms with Crippen LogP contribution in [-0.2, 0) is 10.2 Å². The number of nitrogens with two attached hydrogens (primary N) is 1. The normalized spacial score (nSPS) is 13.4. The zero-order valence-electron chi connectivity index (χ0n) is 11.7. The van der Waals surface area contributed by atoms with Crippen molar-refractivity contribution in [3.05, 3.63) is 11.8 Å². The zero-order chi connectivity index (χ0) is 13.8. The number of aromatic amines is 1. The first-order valence-electron chi connectivity index (χ1n) is 6.38. The highest BCUT2D eigenvalue weighted by Crippen LogP contribution is 2.22. The quantitative estimate of drug-likeness (QED) is 0.749. The molecule has 5 nitrogen and oxygen atoms in total. The molecule has 18 heavy (non-hydrogen) atoms. The van der Waals surface area contributed by atoms with Crippen molar-refractivity contribution in [2.24, 2.45) is 11.7 Å². The molecular weight excluding hydrogens is 228 g/mol. The molecular formula is C13H24N4O. The summed E-state index contributed by atoms with van der Waals surface area (Å²) in [5.41, 5.74) is 6.52. The molecule has 0 aliphatic carbocycles. The minimum Gasteiger partial charge on any atom is -0.330 e. The summed E-state index contributed by atoms with van der Waals surface area (Å²) in [4.78, 5) is 11.7. The predicted molar refractivity (Wildman–Crippen MR) is 73.4 cm³/mol. The van der Waals surface area contributed by atoms with Crippen molar-refractivity contribution >= 4 is 11.7 Å². The fraction of sp³-hybridized carbons (Fsp3) is 0.692. The van der Waals surface area contributed by atoms with E-state index in [4.69, 9.17) is 5.73 Å². The van der Waals surface area contributed by atoms with Crippen LogP contribution in [0.5, 0.6) is 0 Å². The Bertz CT molecular complexity index is 392. The maximum absolute atomic E-state index is 11.7. The van der Waals surface area contributed by atoms with Gasteiger partial charge in [0.15, 0.2) is 5.82 Å². The third-order valence-corrected chi connectivity index (χ3v) is 2.92. The van der Waals surface area contributed by atoms with Crippen LogP contribution < -0.4 is 11.1 Å². The molecule has 1 unspecified atom stereocenters. The van der Waals surface area contributed by atoms with Gasteiger partial charge in [0.05, 0.1) is 0 Å². The summed E-state index contributed by atoms with van der Waals surface area (Å²) in [7, 11) is 0. The lowest BCUT2D eigenvalue weighted by molar-refractivity contribution is -0.116. The second-order valence-electron chi connectivity index (χ2n) is 5.84. The van der Waals surface area contributed by atoms with Crippen LogP contribution >= 0.6 is 0 Å². The van der Waals surface area contributed by atoms with Crippen LogP contribution in [0.25, 0.3) is 0 Å². The van der Waals surface area contributed by atoms with Gasteiger partial charge < -0.3 is 11.1 Å². The number of hydrogen-bond donors (Lipinski definition) is 3. The van der Waals surface area contributed by atoms with Gasteiger partial charge >= 0.3 is 0 Å². The molecule has 0 saturated carbocycles. The second-order valence-corrected chi connectivity index (χ2v) is 5.84. The molecule has 4 N–H and O–H groups in total. The lowest BCUT2D eigenvalue weighted by atomic mass is 9.92. The van der Waals surface area contributed by atoms with Gasteiger partial charge in [0.1, 0.15) is 0 Å². The Balaban J connectivity index is 2.48. The largest absolute Gasteiger partial charge is 0.330 e. The monoisotopic (exact) mass is 252 g/mol. The fourth-order valence-electron chi connectivity index (χ4n) is 1.47. The molecule has 0 saturated heterocycles. The first-order chi connectivity index (χ1) is 8.32. The van der Waals surface area contributed by atoms with Crippen molar-refractivity contribution in [1.82, 2.24) is 10.2 Å². The maximum atomic E-state index is 11.7. The van der Waals surface area contributed by atoms with E-state index in [0.717, 1.165) is 12.1 Å². The summed E-state index contributed by atoms with van der Waals surface area (Å²) in [6.07, 6.45) is 1.29. The summed E-state index contributed by atoms with van der Waals surface area (Å²) in [6, 6.07) is 1.88. The van der Waals surface area contributed by atoms with Gasteiger partial charge in [0.2, 0.25) is 5.91 Å². The predicted octanol–water partition coefficient (Wildman–Crippen LogP) is 2.02. The number of aromatic nitrogens is 2. The second kappa shape index (κ2) is 6.00. The van der Waals surface area contributed by atoms with Gasteiger partial charge in [0, 0.05) is 23.6 Å².